The highest BCUT2D eigenvalue weighted by atomic mass is 35.5. The molecule has 0 aliphatic rings. The minimum Gasteiger partial charge on any atom is -0.463 e. The zero-order valence-electron chi connectivity index (χ0n) is 13.8. The highest BCUT2D eigenvalue weighted by molar-refractivity contribution is 6.30. The van der Waals surface area contributed by atoms with Gasteiger partial charge in [0.15, 0.2) is 0 Å². The van der Waals surface area contributed by atoms with Crippen LogP contribution in [0.1, 0.15) is 51.2 Å². The topological polar surface area (TPSA) is 46.5 Å². The van der Waals surface area contributed by atoms with Crippen molar-refractivity contribution in [1.29, 1.82) is 0 Å². The van der Waals surface area contributed by atoms with E-state index in [4.69, 9.17) is 16.3 Å². The third kappa shape index (κ3) is 7.49. The molecule has 0 saturated carbocycles. The fraction of sp³-hybridized carbons (Fsp3) is 0.421. The number of hydrogen-bond acceptors (Lipinski definition) is 3. The molecule has 1 rings (SSSR count). The van der Waals surface area contributed by atoms with E-state index in [0.29, 0.717) is 17.2 Å². The zero-order chi connectivity index (χ0) is 17.1. The molecule has 0 aliphatic heterocycles. The van der Waals surface area contributed by atoms with E-state index in [-0.39, 0.29) is 0 Å². The molecule has 1 unspecified atom stereocenters. The maximum Gasteiger partial charge on any atom is 0.330 e. The average Bonchev–Trinajstić information content (AvgIpc) is 2.54. The number of rotatable bonds is 9. The first-order valence-electron chi connectivity index (χ1n) is 8.06. The molecule has 1 N–H and O–H groups in total. The summed E-state index contributed by atoms with van der Waals surface area (Å²) < 4.78 is 4.88. The van der Waals surface area contributed by atoms with Crippen molar-refractivity contribution in [2.45, 2.75) is 45.6 Å². The standard InChI is InChI=1S/C19H25ClO3/c1-3-5-6-7-8-15(11-14-18(21)23-4-2)19(22)16-9-12-17(20)13-10-16/h8-14,19,22H,3-7H2,1-2H3/b14-11+,15-8+. The van der Waals surface area contributed by atoms with Crippen LogP contribution in [-0.2, 0) is 9.53 Å². The van der Waals surface area contributed by atoms with Gasteiger partial charge in [-0.2, -0.15) is 0 Å². The second-order valence-electron chi connectivity index (χ2n) is 5.24. The molecule has 126 valence electrons. The fourth-order valence-electron chi connectivity index (χ4n) is 2.13. The maximum absolute atomic E-state index is 11.5. The number of aliphatic hydroxyl groups is 1. The Labute approximate surface area is 143 Å². The molecule has 0 heterocycles. The zero-order valence-corrected chi connectivity index (χ0v) is 14.6. The SMILES string of the molecule is CCCCC/C=C(\C=C\C(=O)OCC)C(O)c1ccc(Cl)cc1. The summed E-state index contributed by atoms with van der Waals surface area (Å²) in [6.45, 7) is 4.24. The summed E-state index contributed by atoms with van der Waals surface area (Å²) in [5.41, 5.74) is 1.43. The highest BCUT2D eigenvalue weighted by Gasteiger charge is 2.11. The summed E-state index contributed by atoms with van der Waals surface area (Å²) in [6.07, 6.45) is 8.37. The van der Waals surface area contributed by atoms with Crippen molar-refractivity contribution in [2.24, 2.45) is 0 Å². The van der Waals surface area contributed by atoms with E-state index in [0.717, 1.165) is 31.2 Å². The van der Waals surface area contributed by atoms with Gasteiger partial charge < -0.3 is 9.84 Å². The monoisotopic (exact) mass is 336 g/mol. The van der Waals surface area contributed by atoms with Crippen LogP contribution in [0.5, 0.6) is 0 Å². The lowest BCUT2D eigenvalue weighted by Crippen LogP contribution is -2.03. The van der Waals surface area contributed by atoms with Crippen LogP contribution in [-0.4, -0.2) is 17.7 Å². The lowest BCUT2D eigenvalue weighted by atomic mass is 9.99. The molecular formula is C19H25ClO3. The van der Waals surface area contributed by atoms with Crippen LogP contribution < -0.4 is 0 Å². The van der Waals surface area contributed by atoms with Crippen molar-refractivity contribution in [3.05, 3.63) is 58.7 Å². The Morgan fingerprint density at radius 2 is 1.91 bits per heavy atom. The van der Waals surface area contributed by atoms with E-state index in [2.05, 4.69) is 6.92 Å². The van der Waals surface area contributed by atoms with Gasteiger partial charge in [-0.15, -0.1) is 0 Å². The van der Waals surface area contributed by atoms with Gasteiger partial charge in [-0.25, -0.2) is 4.79 Å². The van der Waals surface area contributed by atoms with Crippen LogP contribution in [0, 0.1) is 0 Å². The van der Waals surface area contributed by atoms with Crippen LogP contribution in [0.4, 0.5) is 0 Å². The van der Waals surface area contributed by atoms with E-state index in [1.807, 2.05) is 6.08 Å². The second kappa shape index (κ2) is 11.0. The summed E-state index contributed by atoms with van der Waals surface area (Å²) in [4.78, 5) is 11.5. The largest absolute Gasteiger partial charge is 0.463 e. The molecule has 23 heavy (non-hydrogen) atoms. The predicted molar refractivity (Wildman–Crippen MR) is 94.4 cm³/mol. The first-order chi connectivity index (χ1) is 11.1. The number of hydrogen-bond donors (Lipinski definition) is 1. The number of carbonyl (C=O) groups excluding carboxylic acids is 1. The van der Waals surface area contributed by atoms with Gasteiger partial charge in [0.25, 0.3) is 0 Å². The van der Waals surface area contributed by atoms with Crippen LogP contribution in [0.15, 0.2) is 48.1 Å². The van der Waals surface area contributed by atoms with Gasteiger partial charge in [-0.3, -0.25) is 0 Å². The predicted octanol–water partition coefficient (Wildman–Crippen LogP) is 5.00. The minimum absolute atomic E-state index is 0.332. The lowest BCUT2D eigenvalue weighted by molar-refractivity contribution is -0.137. The van der Waals surface area contributed by atoms with Gasteiger partial charge in [-0.1, -0.05) is 49.6 Å². The fourth-order valence-corrected chi connectivity index (χ4v) is 2.25. The number of unbranched alkanes of at least 4 members (excludes halogenated alkanes) is 3. The Morgan fingerprint density at radius 3 is 2.52 bits per heavy atom. The van der Waals surface area contributed by atoms with Crippen molar-refractivity contribution in [3.63, 3.8) is 0 Å². The number of aliphatic hydroxyl groups excluding tert-OH is 1. The molecule has 0 spiro atoms. The Morgan fingerprint density at radius 1 is 1.22 bits per heavy atom. The molecule has 0 radical (unpaired) electrons. The highest BCUT2D eigenvalue weighted by Crippen LogP contribution is 2.25. The molecule has 0 aromatic heterocycles. The van der Waals surface area contributed by atoms with Crippen LogP contribution in [0.2, 0.25) is 5.02 Å². The number of ether oxygens (including phenoxy) is 1. The van der Waals surface area contributed by atoms with Crippen molar-refractivity contribution in [2.75, 3.05) is 6.61 Å². The van der Waals surface area contributed by atoms with Crippen molar-refractivity contribution < 1.29 is 14.6 Å². The first kappa shape index (κ1) is 19.5. The Kier molecular flexibility index (Phi) is 9.34. The van der Waals surface area contributed by atoms with E-state index in [1.54, 1.807) is 37.3 Å². The van der Waals surface area contributed by atoms with Gasteiger partial charge in [0.2, 0.25) is 0 Å². The molecule has 0 amide bonds. The van der Waals surface area contributed by atoms with E-state index >= 15 is 0 Å². The molecule has 0 bridgehead atoms. The quantitative estimate of drug-likeness (QED) is 0.299. The Hall–Kier alpha value is -1.58. The summed E-state index contributed by atoms with van der Waals surface area (Å²) in [5, 5.41) is 11.2. The summed E-state index contributed by atoms with van der Waals surface area (Å²) >= 11 is 5.88. The summed E-state index contributed by atoms with van der Waals surface area (Å²) in [6, 6.07) is 7.05. The number of esters is 1. The Bertz CT molecular complexity index is 532. The second-order valence-corrected chi connectivity index (χ2v) is 5.68. The molecule has 4 heteroatoms. The molecule has 0 aliphatic carbocycles. The maximum atomic E-state index is 11.5. The summed E-state index contributed by atoms with van der Waals surface area (Å²) in [5.74, 6) is -0.407. The van der Waals surface area contributed by atoms with Gasteiger partial charge in [-0.05, 0) is 49.1 Å². The van der Waals surface area contributed by atoms with Gasteiger partial charge in [0.1, 0.15) is 6.10 Å². The molecule has 1 aromatic rings. The van der Waals surface area contributed by atoms with Gasteiger partial charge >= 0.3 is 5.97 Å². The number of allylic oxidation sites excluding steroid dienone is 1. The van der Waals surface area contributed by atoms with Crippen molar-refractivity contribution >= 4 is 17.6 Å². The molecule has 1 aromatic carbocycles. The normalized spacial score (nSPS) is 13.3. The van der Waals surface area contributed by atoms with Crippen LogP contribution in [0.3, 0.4) is 0 Å². The van der Waals surface area contributed by atoms with Crippen molar-refractivity contribution in [3.8, 4) is 0 Å². The smallest absolute Gasteiger partial charge is 0.330 e. The van der Waals surface area contributed by atoms with E-state index < -0.39 is 12.1 Å². The average molecular weight is 337 g/mol. The minimum atomic E-state index is -0.792. The lowest BCUT2D eigenvalue weighted by Gasteiger charge is -2.13. The van der Waals surface area contributed by atoms with E-state index in [9.17, 15) is 9.90 Å². The van der Waals surface area contributed by atoms with Crippen molar-refractivity contribution in [1.82, 2.24) is 0 Å². The summed E-state index contributed by atoms with van der Waals surface area (Å²) in [7, 11) is 0. The third-order valence-corrected chi connectivity index (χ3v) is 3.64. The molecule has 1 atom stereocenters. The van der Waals surface area contributed by atoms with Gasteiger partial charge in [0.05, 0.1) is 6.61 Å². The number of carbonyl (C=O) groups is 1. The first-order valence-corrected chi connectivity index (χ1v) is 8.44. The molecule has 3 nitrogen and oxygen atoms in total. The van der Waals surface area contributed by atoms with Crippen LogP contribution in [0.25, 0.3) is 0 Å². The number of benzene rings is 1. The third-order valence-electron chi connectivity index (χ3n) is 3.39. The Balaban J connectivity index is 2.88. The van der Waals surface area contributed by atoms with Crippen LogP contribution >= 0.6 is 11.6 Å². The molecule has 0 fully saturated rings. The molecular weight excluding hydrogens is 312 g/mol. The van der Waals surface area contributed by atoms with Gasteiger partial charge in [0, 0.05) is 11.1 Å². The number of halogens is 1. The molecule has 0 saturated heterocycles. The van der Waals surface area contributed by atoms with E-state index in [1.165, 1.54) is 6.08 Å².